The van der Waals surface area contributed by atoms with Crippen LogP contribution in [0.4, 0.5) is 0 Å². The van der Waals surface area contributed by atoms with Crippen molar-refractivity contribution < 1.29 is 0 Å². The second-order valence-corrected chi connectivity index (χ2v) is 6.40. The van der Waals surface area contributed by atoms with Crippen LogP contribution in [0.15, 0.2) is 22.5 Å². The van der Waals surface area contributed by atoms with E-state index in [0.717, 1.165) is 19.1 Å². The Morgan fingerprint density at radius 1 is 1.44 bits per heavy atom. The van der Waals surface area contributed by atoms with Crippen LogP contribution in [0.1, 0.15) is 24.1 Å². The largest absolute Gasteiger partial charge is 0.343 e. The topological polar surface area (TPSA) is 15.6 Å². The zero-order valence-corrected chi connectivity index (χ0v) is 10.9. The SMILES string of the molecule is c1csc(CN(C2=NCCCS2)C2CC2)c1. The van der Waals surface area contributed by atoms with Crippen molar-refractivity contribution in [2.45, 2.75) is 31.8 Å². The Hall–Kier alpha value is -0.480. The van der Waals surface area contributed by atoms with E-state index < -0.39 is 0 Å². The van der Waals surface area contributed by atoms with Crippen LogP contribution in [0.25, 0.3) is 0 Å². The summed E-state index contributed by atoms with van der Waals surface area (Å²) in [5, 5.41) is 3.46. The fourth-order valence-electron chi connectivity index (χ4n) is 1.93. The van der Waals surface area contributed by atoms with E-state index in [2.05, 4.69) is 27.4 Å². The maximum Gasteiger partial charge on any atom is 0.159 e. The van der Waals surface area contributed by atoms with Gasteiger partial charge >= 0.3 is 0 Å². The Morgan fingerprint density at radius 3 is 3.00 bits per heavy atom. The number of nitrogens with zero attached hydrogens (tertiary/aromatic N) is 2. The fraction of sp³-hybridized carbons (Fsp3) is 0.583. The Balaban J connectivity index is 1.73. The van der Waals surface area contributed by atoms with E-state index in [-0.39, 0.29) is 0 Å². The van der Waals surface area contributed by atoms with Gasteiger partial charge in [0.1, 0.15) is 0 Å². The van der Waals surface area contributed by atoms with Crippen molar-refractivity contribution in [3.63, 3.8) is 0 Å². The molecule has 1 fully saturated rings. The molecule has 4 heteroatoms. The molecule has 0 atom stereocenters. The van der Waals surface area contributed by atoms with Crippen molar-refractivity contribution in [1.29, 1.82) is 0 Å². The molecular formula is C12H16N2S2. The summed E-state index contributed by atoms with van der Waals surface area (Å²) in [7, 11) is 0. The van der Waals surface area contributed by atoms with Crippen LogP contribution in [0.3, 0.4) is 0 Å². The third kappa shape index (κ3) is 2.43. The smallest absolute Gasteiger partial charge is 0.159 e. The second kappa shape index (κ2) is 4.80. The Labute approximate surface area is 105 Å². The van der Waals surface area contributed by atoms with Gasteiger partial charge in [0.05, 0.1) is 6.54 Å². The van der Waals surface area contributed by atoms with E-state index in [1.807, 2.05) is 23.1 Å². The van der Waals surface area contributed by atoms with Crippen LogP contribution < -0.4 is 0 Å². The molecule has 0 amide bonds. The molecule has 1 aromatic heterocycles. The van der Waals surface area contributed by atoms with E-state index in [1.165, 1.54) is 35.1 Å². The van der Waals surface area contributed by atoms with Crippen molar-refractivity contribution >= 4 is 28.3 Å². The third-order valence-corrected chi connectivity index (χ3v) is 4.90. The standard InChI is InChI=1S/C12H16N2S2/c1-3-11(15-7-1)9-14(10-4-5-10)12-13-6-2-8-16-12/h1,3,7,10H,2,4-6,8-9H2. The van der Waals surface area contributed by atoms with Crippen molar-refractivity contribution in [3.05, 3.63) is 22.4 Å². The molecular weight excluding hydrogens is 236 g/mol. The monoisotopic (exact) mass is 252 g/mol. The lowest BCUT2D eigenvalue weighted by atomic mass is 10.4. The summed E-state index contributed by atoms with van der Waals surface area (Å²) in [5.41, 5.74) is 0. The molecule has 0 bridgehead atoms. The number of aliphatic imine (C=N–C) groups is 1. The lowest BCUT2D eigenvalue weighted by Gasteiger charge is -2.26. The summed E-state index contributed by atoms with van der Waals surface area (Å²) >= 11 is 3.80. The van der Waals surface area contributed by atoms with Gasteiger partial charge in [-0.15, -0.1) is 11.3 Å². The molecule has 0 spiro atoms. The highest BCUT2D eigenvalue weighted by Crippen LogP contribution is 2.32. The molecule has 86 valence electrons. The number of thioether (sulfide) groups is 1. The first-order chi connectivity index (χ1) is 7.93. The van der Waals surface area contributed by atoms with Gasteiger partial charge < -0.3 is 4.90 Å². The Bertz CT molecular complexity index is 368. The predicted molar refractivity (Wildman–Crippen MR) is 72.3 cm³/mol. The van der Waals surface area contributed by atoms with E-state index in [4.69, 9.17) is 0 Å². The van der Waals surface area contributed by atoms with Crippen LogP contribution in [0.5, 0.6) is 0 Å². The summed E-state index contributed by atoms with van der Waals surface area (Å²) in [6, 6.07) is 5.14. The highest BCUT2D eigenvalue weighted by Gasteiger charge is 2.32. The lowest BCUT2D eigenvalue weighted by molar-refractivity contribution is 0.412. The Kier molecular flexibility index (Phi) is 3.20. The summed E-state index contributed by atoms with van der Waals surface area (Å²) in [4.78, 5) is 8.66. The van der Waals surface area contributed by atoms with Crippen molar-refractivity contribution in [2.24, 2.45) is 4.99 Å². The number of thiophene rings is 1. The van der Waals surface area contributed by atoms with Gasteiger partial charge in [0.2, 0.25) is 0 Å². The number of hydrogen-bond acceptors (Lipinski definition) is 4. The second-order valence-electron chi connectivity index (χ2n) is 4.30. The van der Waals surface area contributed by atoms with Crippen LogP contribution in [-0.4, -0.2) is 28.4 Å². The van der Waals surface area contributed by atoms with Gasteiger partial charge in [0, 0.05) is 23.2 Å². The van der Waals surface area contributed by atoms with Gasteiger partial charge in [0.25, 0.3) is 0 Å². The van der Waals surface area contributed by atoms with Gasteiger partial charge in [-0.1, -0.05) is 17.8 Å². The average Bonchev–Trinajstić information content (AvgIpc) is 3.05. The fourth-order valence-corrected chi connectivity index (χ4v) is 3.65. The molecule has 1 aliphatic carbocycles. The molecule has 1 aliphatic heterocycles. The summed E-state index contributed by atoms with van der Waals surface area (Å²) in [6.45, 7) is 2.09. The molecule has 1 aromatic rings. The molecule has 0 saturated heterocycles. The number of hydrogen-bond donors (Lipinski definition) is 0. The first-order valence-electron chi connectivity index (χ1n) is 5.90. The molecule has 2 nitrogen and oxygen atoms in total. The molecule has 0 aromatic carbocycles. The molecule has 0 unspecified atom stereocenters. The zero-order valence-electron chi connectivity index (χ0n) is 9.26. The Morgan fingerprint density at radius 2 is 2.38 bits per heavy atom. The first kappa shape index (κ1) is 10.7. The average molecular weight is 252 g/mol. The number of amidine groups is 1. The minimum absolute atomic E-state index is 0.770. The van der Waals surface area contributed by atoms with Crippen LogP contribution in [-0.2, 0) is 6.54 Å². The minimum atomic E-state index is 0.770. The van der Waals surface area contributed by atoms with Gasteiger partial charge in [-0.05, 0) is 30.7 Å². The lowest BCUT2D eigenvalue weighted by Crippen LogP contribution is -2.32. The third-order valence-electron chi connectivity index (χ3n) is 2.92. The summed E-state index contributed by atoms with van der Waals surface area (Å²) in [6.07, 6.45) is 3.95. The van der Waals surface area contributed by atoms with E-state index in [0.29, 0.717) is 0 Å². The maximum atomic E-state index is 4.68. The van der Waals surface area contributed by atoms with Crippen LogP contribution in [0.2, 0.25) is 0 Å². The van der Waals surface area contributed by atoms with Crippen molar-refractivity contribution in [1.82, 2.24) is 4.90 Å². The summed E-state index contributed by atoms with van der Waals surface area (Å²) in [5.74, 6) is 1.24. The highest BCUT2D eigenvalue weighted by atomic mass is 32.2. The van der Waals surface area contributed by atoms with E-state index >= 15 is 0 Å². The number of rotatable bonds is 3. The minimum Gasteiger partial charge on any atom is -0.343 e. The van der Waals surface area contributed by atoms with Crippen molar-refractivity contribution in [3.8, 4) is 0 Å². The van der Waals surface area contributed by atoms with Gasteiger partial charge in [-0.3, -0.25) is 4.99 Å². The normalized spacial score (nSPS) is 20.6. The summed E-state index contributed by atoms with van der Waals surface area (Å²) < 4.78 is 0. The molecule has 2 heterocycles. The van der Waals surface area contributed by atoms with Crippen LogP contribution >= 0.6 is 23.1 Å². The molecule has 1 saturated carbocycles. The quantitative estimate of drug-likeness (QED) is 0.821. The van der Waals surface area contributed by atoms with Crippen LogP contribution in [0, 0.1) is 0 Å². The maximum absolute atomic E-state index is 4.68. The molecule has 0 radical (unpaired) electrons. The van der Waals surface area contributed by atoms with E-state index in [9.17, 15) is 0 Å². The predicted octanol–water partition coefficient (Wildman–Crippen LogP) is 3.21. The zero-order chi connectivity index (χ0) is 10.8. The van der Waals surface area contributed by atoms with E-state index in [1.54, 1.807) is 0 Å². The highest BCUT2D eigenvalue weighted by molar-refractivity contribution is 8.13. The first-order valence-corrected chi connectivity index (χ1v) is 7.76. The molecule has 2 aliphatic rings. The molecule has 16 heavy (non-hydrogen) atoms. The molecule has 0 N–H and O–H groups in total. The van der Waals surface area contributed by atoms with Gasteiger partial charge in [-0.25, -0.2) is 0 Å². The van der Waals surface area contributed by atoms with Gasteiger partial charge in [0.15, 0.2) is 5.17 Å². The van der Waals surface area contributed by atoms with Gasteiger partial charge in [-0.2, -0.15) is 0 Å². The molecule has 3 rings (SSSR count). The van der Waals surface area contributed by atoms with Crippen molar-refractivity contribution in [2.75, 3.05) is 12.3 Å².